The summed E-state index contributed by atoms with van der Waals surface area (Å²) in [5, 5.41) is 7.12. The SMILES string of the molecule is CCCCCCCCCCCCOC(CN)C(NCCCNCCCCN)OCCCCCCCCCCCC. The molecule has 0 aliphatic carbocycles. The molecule has 2 atom stereocenters. The zero-order valence-electron chi connectivity index (χ0n) is 27.3. The molecule has 2 unspecified atom stereocenters. The summed E-state index contributed by atoms with van der Waals surface area (Å²) in [5.74, 6) is 0. The molecule has 6 nitrogen and oxygen atoms in total. The van der Waals surface area contributed by atoms with Crippen molar-refractivity contribution in [3.05, 3.63) is 0 Å². The summed E-state index contributed by atoms with van der Waals surface area (Å²) in [6.07, 6.45) is 29.9. The predicted molar refractivity (Wildman–Crippen MR) is 176 cm³/mol. The van der Waals surface area contributed by atoms with Crippen molar-refractivity contribution in [3.8, 4) is 0 Å². The van der Waals surface area contributed by atoms with Crippen molar-refractivity contribution in [1.82, 2.24) is 10.6 Å². The Bertz CT molecular complexity index is 456. The molecule has 0 heterocycles. The maximum absolute atomic E-state index is 6.33. The average molecular weight is 571 g/mol. The van der Waals surface area contributed by atoms with Gasteiger partial charge >= 0.3 is 0 Å². The molecule has 0 amide bonds. The van der Waals surface area contributed by atoms with Gasteiger partial charge in [0.15, 0.2) is 0 Å². The molecule has 40 heavy (non-hydrogen) atoms. The van der Waals surface area contributed by atoms with Crippen LogP contribution in [0.1, 0.15) is 162 Å². The molecule has 0 saturated carbocycles. The zero-order valence-corrected chi connectivity index (χ0v) is 27.3. The highest BCUT2D eigenvalue weighted by molar-refractivity contribution is 4.71. The van der Waals surface area contributed by atoms with Crippen LogP contribution in [0.15, 0.2) is 0 Å². The van der Waals surface area contributed by atoms with Crippen molar-refractivity contribution in [3.63, 3.8) is 0 Å². The van der Waals surface area contributed by atoms with Crippen LogP contribution in [-0.4, -0.2) is 58.3 Å². The standard InChI is InChI=1S/C34H74N4O2/c1-3-5-7-9-11-13-15-17-19-23-30-39-33(32-36)34(38-29-25-28-37-27-22-21-26-35)40-31-24-20-18-16-14-12-10-8-6-4-2/h33-34,37-38H,3-32,35-36H2,1-2H3. The third-order valence-corrected chi connectivity index (χ3v) is 7.88. The van der Waals surface area contributed by atoms with E-state index < -0.39 is 0 Å². The number of nitrogens with one attached hydrogen (secondary N) is 2. The molecule has 6 N–H and O–H groups in total. The van der Waals surface area contributed by atoms with E-state index in [1.165, 1.54) is 116 Å². The normalized spacial score (nSPS) is 13.2. The molecule has 0 aliphatic heterocycles. The molecule has 0 spiro atoms. The van der Waals surface area contributed by atoms with Crippen LogP contribution >= 0.6 is 0 Å². The third kappa shape index (κ3) is 29.3. The van der Waals surface area contributed by atoms with Gasteiger partial charge in [-0.25, -0.2) is 0 Å². The van der Waals surface area contributed by atoms with Crippen LogP contribution in [0, 0.1) is 0 Å². The molecule has 0 saturated heterocycles. The van der Waals surface area contributed by atoms with Gasteiger partial charge in [0.2, 0.25) is 0 Å². The van der Waals surface area contributed by atoms with Gasteiger partial charge in [-0.1, -0.05) is 129 Å². The first-order chi connectivity index (χ1) is 19.8. The van der Waals surface area contributed by atoms with E-state index in [1.807, 2.05) is 0 Å². The summed E-state index contributed by atoms with van der Waals surface area (Å²) < 4.78 is 12.6. The van der Waals surface area contributed by atoms with Gasteiger partial charge in [-0.05, 0) is 58.3 Å². The van der Waals surface area contributed by atoms with Crippen LogP contribution in [0.4, 0.5) is 0 Å². The summed E-state index contributed by atoms with van der Waals surface area (Å²) in [4.78, 5) is 0. The number of ether oxygens (including phenoxy) is 2. The molecule has 6 heteroatoms. The average Bonchev–Trinajstić information content (AvgIpc) is 2.97. The quantitative estimate of drug-likeness (QED) is 0.0458. The Morgan fingerprint density at radius 3 is 1.40 bits per heavy atom. The van der Waals surface area contributed by atoms with E-state index in [0.717, 1.165) is 71.5 Å². The van der Waals surface area contributed by atoms with Crippen molar-refractivity contribution >= 4 is 0 Å². The molecule has 0 aromatic carbocycles. The third-order valence-electron chi connectivity index (χ3n) is 7.88. The fourth-order valence-corrected chi connectivity index (χ4v) is 5.18. The Labute approximate surface area is 251 Å². The Morgan fingerprint density at radius 1 is 0.475 bits per heavy atom. The van der Waals surface area contributed by atoms with Crippen LogP contribution in [-0.2, 0) is 9.47 Å². The molecule has 0 radical (unpaired) electrons. The van der Waals surface area contributed by atoms with Crippen LogP contribution in [0.2, 0.25) is 0 Å². The zero-order chi connectivity index (χ0) is 29.2. The maximum atomic E-state index is 6.33. The minimum Gasteiger partial charge on any atom is -0.373 e. The van der Waals surface area contributed by atoms with Gasteiger partial charge in [0, 0.05) is 19.8 Å². The lowest BCUT2D eigenvalue weighted by atomic mass is 10.1. The summed E-state index contributed by atoms with van der Waals surface area (Å²) >= 11 is 0. The minimum atomic E-state index is -0.121. The smallest absolute Gasteiger partial charge is 0.135 e. The molecule has 0 aliphatic rings. The second-order valence-electron chi connectivity index (χ2n) is 11.9. The molecule has 0 aromatic rings. The van der Waals surface area contributed by atoms with E-state index in [1.54, 1.807) is 0 Å². The molecule has 0 rings (SSSR count). The van der Waals surface area contributed by atoms with Gasteiger partial charge < -0.3 is 26.3 Å². The molecule has 0 bridgehead atoms. The summed E-state index contributed by atoms with van der Waals surface area (Å²) in [7, 11) is 0. The highest BCUT2D eigenvalue weighted by Gasteiger charge is 2.21. The lowest BCUT2D eigenvalue weighted by Gasteiger charge is -2.28. The Kier molecular flexibility index (Phi) is 34.7. The van der Waals surface area contributed by atoms with Crippen LogP contribution in [0.3, 0.4) is 0 Å². The molecular weight excluding hydrogens is 496 g/mol. The summed E-state index contributed by atoms with van der Waals surface area (Å²) in [6, 6.07) is 0. The van der Waals surface area contributed by atoms with E-state index in [0.29, 0.717) is 6.54 Å². The first-order valence-corrected chi connectivity index (χ1v) is 17.9. The fourth-order valence-electron chi connectivity index (χ4n) is 5.18. The number of unbranched alkanes of at least 4 members (excludes halogenated alkanes) is 19. The van der Waals surface area contributed by atoms with Crippen LogP contribution in [0.5, 0.6) is 0 Å². The van der Waals surface area contributed by atoms with Gasteiger partial charge in [-0.15, -0.1) is 0 Å². The Hall–Kier alpha value is -0.240. The first-order valence-electron chi connectivity index (χ1n) is 17.9. The second kappa shape index (κ2) is 35.0. The minimum absolute atomic E-state index is 0.0841. The van der Waals surface area contributed by atoms with E-state index in [2.05, 4.69) is 24.5 Å². The predicted octanol–water partition coefficient (Wildman–Crippen LogP) is 7.82. The number of rotatable bonds is 35. The fraction of sp³-hybridized carbons (Fsp3) is 1.00. The Morgan fingerprint density at radius 2 is 0.925 bits per heavy atom. The van der Waals surface area contributed by atoms with E-state index in [4.69, 9.17) is 20.9 Å². The van der Waals surface area contributed by atoms with Crippen LogP contribution < -0.4 is 22.1 Å². The van der Waals surface area contributed by atoms with Crippen molar-refractivity contribution in [2.45, 2.75) is 174 Å². The molecule has 242 valence electrons. The van der Waals surface area contributed by atoms with Crippen molar-refractivity contribution in [1.29, 1.82) is 0 Å². The molecule has 0 fully saturated rings. The first kappa shape index (κ1) is 39.8. The van der Waals surface area contributed by atoms with Crippen molar-refractivity contribution in [2.24, 2.45) is 11.5 Å². The van der Waals surface area contributed by atoms with Gasteiger partial charge in [0.25, 0.3) is 0 Å². The number of hydrogen-bond acceptors (Lipinski definition) is 6. The summed E-state index contributed by atoms with van der Waals surface area (Å²) in [6.45, 7) is 10.4. The summed E-state index contributed by atoms with van der Waals surface area (Å²) in [5.41, 5.74) is 11.7. The van der Waals surface area contributed by atoms with E-state index >= 15 is 0 Å². The monoisotopic (exact) mass is 571 g/mol. The lowest BCUT2D eigenvalue weighted by molar-refractivity contribution is -0.0852. The largest absolute Gasteiger partial charge is 0.373 e. The Balaban J connectivity index is 4.16. The second-order valence-corrected chi connectivity index (χ2v) is 11.9. The molecule has 0 aromatic heterocycles. The highest BCUT2D eigenvalue weighted by Crippen LogP contribution is 2.13. The van der Waals surface area contributed by atoms with Crippen LogP contribution in [0.25, 0.3) is 0 Å². The number of hydrogen-bond donors (Lipinski definition) is 4. The van der Waals surface area contributed by atoms with E-state index in [9.17, 15) is 0 Å². The van der Waals surface area contributed by atoms with Gasteiger partial charge in [-0.2, -0.15) is 0 Å². The number of nitrogens with two attached hydrogens (primary N) is 2. The maximum Gasteiger partial charge on any atom is 0.135 e. The van der Waals surface area contributed by atoms with Gasteiger partial charge in [0.05, 0.1) is 0 Å². The van der Waals surface area contributed by atoms with Crippen molar-refractivity contribution in [2.75, 3.05) is 45.9 Å². The lowest BCUT2D eigenvalue weighted by Crippen LogP contribution is -2.48. The molecular formula is C34H74N4O2. The van der Waals surface area contributed by atoms with Gasteiger partial charge in [0.1, 0.15) is 12.3 Å². The van der Waals surface area contributed by atoms with Gasteiger partial charge in [-0.3, -0.25) is 5.32 Å². The van der Waals surface area contributed by atoms with E-state index in [-0.39, 0.29) is 12.3 Å². The highest BCUT2D eigenvalue weighted by atomic mass is 16.5. The van der Waals surface area contributed by atoms with Crippen molar-refractivity contribution < 1.29 is 9.47 Å². The topological polar surface area (TPSA) is 94.6 Å².